The van der Waals surface area contributed by atoms with E-state index in [0.29, 0.717) is 30.4 Å². The SMILES string of the molecule is CCOc1c(OC)cc(CNC(=NC)NCCc2ncc(C)s2)cc1OC. The lowest BCUT2D eigenvalue weighted by molar-refractivity contribution is 0.288. The number of hydrogen-bond acceptors (Lipinski definition) is 6. The second kappa shape index (κ2) is 10.6. The summed E-state index contributed by atoms with van der Waals surface area (Å²) in [5.41, 5.74) is 1.01. The smallest absolute Gasteiger partial charge is 0.203 e. The van der Waals surface area contributed by atoms with Crippen molar-refractivity contribution >= 4 is 17.3 Å². The second-order valence-corrected chi connectivity index (χ2v) is 7.05. The molecule has 0 saturated carbocycles. The number of methoxy groups -OCH3 is 2. The van der Waals surface area contributed by atoms with E-state index in [1.165, 1.54) is 4.88 Å². The van der Waals surface area contributed by atoms with Crippen molar-refractivity contribution in [3.05, 3.63) is 33.8 Å². The summed E-state index contributed by atoms with van der Waals surface area (Å²) in [6, 6.07) is 3.87. The summed E-state index contributed by atoms with van der Waals surface area (Å²) in [6.07, 6.45) is 2.77. The van der Waals surface area contributed by atoms with Gasteiger partial charge >= 0.3 is 0 Å². The van der Waals surface area contributed by atoms with Crippen molar-refractivity contribution in [3.8, 4) is 17.2 Å². The van der Waals surface area contributed by atoms with Crippen molar-refractivity contribution in [2.45, 2.75) is 26.8 Å². The minimum Gasteiger partial charge on any atom is -0.493 e. The number of ether oxygens (including phenoxy) is 3. The summed E-state index contributed by atoms with van der Waals surface area (Å²) < 4.78 is 16.5. The Morgan fingerprint density at radius 2 is 1.89 bits per heavy atom. The predicted molar refractivity (Wildman–Crippen MR) is 109 cm³/mol. The van der Waals surface area contributed by atoms with Crippen LogP contribution in [0, 0.1) is 6.92 Å². The molecule has 1 aromatic heterocycles. The van der Waals surface area contributed by atoms with Gasteiger partial charge in [0.15, 0.2) is 17.5 Å². The van der Waals surface area contributed by atoms with E-state index in [9.17, 15) is 0 Å². The fourth-order valence-electron chi connectivity index (χ4n) is 2.53. The molecule has 0 atom stereocenters. The van der Waals surface area contributed by atoms with Gasteiger partial charge < -0.3 is 24.8 Å². The van der Waals surface area contributed by atoms with Crippen LogP contribution in [0.5, 0.6) is 17.2 Å². The zero-order chi connectivity index (χ0) is 19.6. The van der Waals surface area contributed by atoms with E-state index in [-0.39, 0.29) is 0 Å². The van der Waals surface area contributed by atoms with E-state index < -0.39 is 0 Å². The van der Waals surface area contributed by atoms with Crippen LogP contribution < -0.4 is 24.8 Å². The molecule has 0 radical (unpaired) electrons. The van der Waals surface area contributed by atoms with Gasteiger partial charge in [-0.3, -0.25) is 4.99 Å². The molecule has 0 aliphatic rings. The van der Waals surface area contributed by atoms with Gasteiger partial charge in [-0.2, -0.15) is 0 Å². The second-order valence-electron chi connectivity index (χ2n) is 5.73. The molecule has 0 aliphatic heterocycles. The highest BCUT2D eigenvalue weighted by Crippen LogP contribution is 2.38. The molecule has 1 aromatic carbocycles. The Bertz CT molecular complexity index is 736. The first-order valence-corrected chi connectivity index (χ1v) is 9.66. The van der Waals surface area contributed by atoms with Crippen molar-refractivity contribution in [1.82, 2.24) is 15.6 Å². The van der Waals surface area contributed by atoms with Crippen molar-refractivity contribution < 1.29 is 14.2 Å². The maximum absolute atomic E-state index is 5.64. The third kappa shape index (κ3) is 6.02. The molecular formula is C19H28N4O3S. The van der Waals surface area contributed by atoms with Gasteiger partial charge in [0.2, 0.25) is 5.75 Å². The number of guanidine groups is 1. The first kappa shape index (κ1) is 20.8. The predicted octanol–water partition coefficient (Wildman–Crippen LogP) is 2.78. The van der Waals surface area contributed by atoms with Crippen LogP contribution in [0.2, 0.25) is 0 Å². The van der Waals surface area contributed by atoms with Crippen LogP contribution >= 0.6 is 11.3 Å². The fourth-order valence-corrected chi connectivity index (χ4v) is 3.32. The third-order valence-corrected chi connectivity index (χ3v) is 4.77. The Morgan fingerprint density at radius 1 is 1.19 bits per heavy atom. The van der Waals surface area contributed by atoms with E-state index >= 15 is 0 Å². The Kier molecular flexibility index (Phi) is 8.19. The van der Waals surface area contributed by atoms with E-state index in [0.717, 1.165) is 29.5 Å². The van der Waals surface area contributed by atoms with Crippen molar-refractivity contribution in [1.29, 1.82) is 0 Å². The van der Waals surface area contributed by atoms with Crippen LogP contribution in [0.4, 0.5) is 0 Å². The zero-order valence-electron chi connectivity index (χ0n) is 16.6. The van der Waals surface area contributed by atoms with E-state index in [1.807, 2.05) is 25.3 Å². The van der Waals surface area contributed by atoms with Gasteiger partial charge in [0.1, 0.15) is 0 Å². The summed E-state index contributed by atoms with van der Waals surface area (Å²) in [4.78, 5) is 9.86. The molecular weight excluding hydrogens is 364 g/mol. The van der Waals surface area contributed by atoms with Crippen LogP contribution in [0.15, 0.2) is 23.3 Å². The normalized spacial score (nSPS) is 11.2. The molecule has 2 rings (SSSR count). The minimum absolute atomic E-state index is 0.541. The number of thiazole rings is 1. The average Bonchev–Trinajstić information content (AvgIpc) is 3.10. The van der Waals surface area contributed by atoms with Crippen LogP contribution in [0.25, 0.3) is 0 Å². The molecule has 0 saturated heterocycles. The number of aromatic nitrogens is 1. The Morgan fingerprint density at radius 3 is 2.41 bits per heavy atom. The van der Waals surface area contributed by atoms with Crippen molar-refractivity contribution in [3.63, 3.8) is 0 Å². The van der Waals surface area contributed by atoms with Crippen LogP contribution in [0.3, 0.4) is 0 Å². The largest absolute Gasteiger partial charge is 0.493 e. The van der Waals surface area contributed by atoms with Gasteiger partial charge in [0, 0.05) is 37.6 Å². The van der Waals surface area contributed by atoms with E-state index in [1.54, 1.807) is 32.6 Å². The molecule has 2 aromatic rings. The molecule has 148 valence electrons. The summed E-state index contributed by atoms with van der Waals surface area (Å²) in [5.74, 6) is 2.65. The van der Waals surface area contributed by atoms with Crippen LogP contribution in [-0.2, 0) is 13.0 Å². The third-order valence-electron chi connectivity index (χ3n) is 3.79. The number of aryl methyl sites for hydroxylation is 1. The van der Waals surface area contributed by atoms with Crippen molar-refractivity contribution in [2.24, 2.45) is 4.99 Å². The van der Waals surface area contributed by atoms with Gasteiger partial charge in [-0.25, -0.2) is 4.98 Å². The highest BCUT2D eigenvalue weighted by Gasteiger charge is 2.14. The molecule has 0 unspecified atom stereocenters. The molecule has 0 fully saturated rings. The Balaban J connectivity index is 1.94. The highest BCUT2D eigenvalue weighted by atomic mass is 32.1. The zero-order valence-corrected chi connectivity index (χ0v) is 17.4. The number of nitrogens with zero attached hydrogens (tertiary/aromatic N) is 2. The Labute approximate surface area is 164 Å². The number of rotatable bonds is 9. The minimum atomic E-state index is 0.541. The highest BCUT2D eigenvalue weighted by molar-refractivity contribution is 7.11. The molecule has 0 spiro atoms. The topological polar surface area (TPSA) is 77.0 Å². The first-order chi connectivity index (χ1) is 13.1. The van der Waals surface area contributed by atoms with E-state index in [4.69, 9.17) is 14.2 Å². The van der Waals surface area contributed by atoms with Gasteiger partial charge in [-0.05, 0) is 31.5 Å². The lowest BCUT2D eigenvalue weighted by Gasteiger charge is -2.16. The summed E-state index contributed by atoms with van der Waals surface area (Å²) in [6.45, 7) is 5.88. The first-order valence-electron chi connectivity index (χ1n) is 8.84. The number of aliphatic imine (C=N–C) groups is 1. The molecule has 2 N–H and O–H groups in total. The standard InChI is InChI=1S/C19H28N4O3S/c1-6-26-18-15(24-4)9-14(10-16(18)25-5)12-23-19(20-3)21-8-7-17-22-11-13(2)27-17/h9-11H,6-8,12H2,1-5H3,(H2,20,21,23). The maximum Gasteiger partial charge on any atom is 0.203 e. The fraction of sp³-hybridized carbons (Fsp3) is 0.474. The molecule has 0 aliphatic carbocycles. The van der Waals surface area contributed by atoms with Gasteiger partial charge in [0.25, 0.3) is 0 Å². The average molecular weight is 393 g/mol. The molecule has 8 heteroatoms. The van der Waals surface area contributed by atoms with Gasteiger partial charge in [-0.1, -0.05) is 0 Å². The van der Waals surface area contributed by atoms with E-state index in [2.05, 4.69) is 27.5 Å². The summed E-state index contributed by atoms with van der Waals surface area (Å²) in [7, 11) is 4.99. The van der Waals surface area contributed by atoms with Crippen LogP contribution in [-0.4, -0.2) is 45.4 Å². The number of benzene rings is 1. The molecule has 27 heavy (non-hydrogen) atoms. The Hall–Kier alpha value is -2.48. The molecule has 7 nitrogen and oxygen atoms in total. The maximum atomic E-state index is 5.64. The summed E-state index contributed by atoms with van der Waals surface area (Å²) in [5, 5.41) is 7.73. The number of hydrogen-bond donors (Lipinski definition) is 2. The lowest BCUT2D eigenvalue weighted by Crippen LogP contribution is -2.37. The quantitative estimate of drug-likeness (QED) is 0.505. The molecule has 0 amide bonds. The van der Waals surface area contributed by atoms with Crippen molar-refractivity contribution in [2.75, 3.05) is 34.4 Å². The van der Waals surface area contributed by atoms with Crippen LogP contribution in [0.1, 0.15) is 22.4 Å². The van der Waals surface area contributed by atoms with Gasteiger partial charge in [0.05, 0.1) is 25.8 Å². The number of nitrogens with one attached hydrogen (secondary N) is 2. The molecule has 1 heterocycles. The summed E-state index contributed by atoms with van der Waals surface area (Å²) >= 11 is 1.72. The molecule has 0 bridgehead atoms. The monoisotopic (exact) mass is 392 g/mol. The lowest BCUT2D eigenvalue weighted by atomic mass is 10.2. The van der Waals surface area contributed by atoms with Gasteiger partial charge in [-0.15, -0.1) is 11.3 Å².